The van der Waals surface area contributed by atoms with Crippen molar-refractivity contribution in [2.75, 3.05) is 32.4 Å². The van der Waals surface area contributed by atoms with Crippen LogP contribution in [0.2, 0.25) is 0 Å². The Bertz CT molecular complexity index is 390. The molecule has 0 bridgehead atoms. The average Bonchev–Trinajstić information content (AvgIpc) is 2.34. The molecular formula is C14H28N2O2S. The Kier molecular flexibility index (Phi) is 7.04. The summed E-state index contributed by atoms with van der Waals surface area (Å²) in [7, 11) is -3.02. The minimum atomic E-state index is -3.02. The summed E-state index contributed by atoms with van der Waals surface area (Å²) in [6.45, 7) is 7.69. The second-order valence-electron chi connectivity index (χ2n) is 5.53. The van der Waals surface area contributed by atoms with E-state index < -0.39 is 10.0 Å². The van der Waals surface area contributed by atoms with Crippen LogP contribution in [-0.4, -0.2) is 45.2 Å². The number of rotatable bonds is 7. The third-order valence-corrected chi connectivity index (χ3v) is 4.89. The van der Waals surface area contributed by atoms with Crippen LogP contribution in [0.1, 0.15) is 39.5 Å². The van der Waals surface area contributed by atoms with Crippen LogP contribution in [0, 0.1) is 5.92 Å². The molecule has 1 heterocycles. The van der Waals surface area contributed by atoms with Crippen molar-refractivity contribution in [3.8, 4) is 0 Å². The average molecular weight is 288 g/mol. The van der Waals surface area contributed by atoms with Crippen LogP contribution >= 0.6 is 0 Å². The van der Waals surface area contributed by atoms with Crippen molar-refractivity contribution in [1.29, 1.82) is 0 Å². The lowest BCUT2D eigenvalue weighted by Gasteiger charge is -2.31. The van der Waals surface area contributed by atoms with Gasteiger partial charge in [-0.05, 0) is 51.6 Å². The lowest BCUT2D eigenvalue weighted by Crippen LogP contribution is -2.39. The molecular weight excluding hydrogens is 260 g/mol. The SMILES string of the molecule is CCNCCC=C(C)CC1CCCN(S(C)(=O)=O)C1. The first-order valence-corrected chi connectivity index (χ1v) is 9.09. The lowest BCUT2D eigenvalue weighted by molar-refractivity contribution is 0.266. The van der Waals surface area contributed by atoms with E-state index in [0.717, 1.165) is 38.8 Å². The summed E-state index contributed by atoms with van der Waals surface area (Å²) >= 11 is 0. The van der Waals surface area contributed by atoms with Crippen LogP contribution in [0.5, 0.6) is 0 Å². The molecule has 5 heteroatoms. The van der Waals surface area contributed by atoms with Crippen LogP contribution in [0.15, 0.2) is 11.6 Å². The van der Waals surface area contributed by atoms with E-state index >= 15 is 0 Å². The van der Waals surface area contributed by atoms with Gasteiger partial charge < -0.3 is 5.32 Å². The van der Waals surface area contributed by atoms with Crippen LogP contribution in [0.25, 0.3) is 0 Å². The number of hydrogen-bond acceptors (Lipinski definition) is 3. The molecule has 1 fully saturated rings. The van der Waals surface area contributed by atoms with Crippen molar-refractivity contribution in [2.45, 2.75) is 39.5 Å². The second-order valence-corrected chi connectivity index (χ2v) is 7.51. The normalized spacial score (nSPS) is 22.7. The van der Waals surface area contributed by atoms with Gasteiger partial charge in [0, 0.05) is 13.1 Å². The zero-order valence-electron chi connectivity index (χ0n) is 12.5. The molecule has 1 atom stereocenters. The first kappa shape index (κ1) is 16.7. The molecule has 4 nitrogen and oxygen atoms in total. The Labute approximate surface area is 118 Å². The maximum absolute atomic E-state index is 11.6. The Balaban J connectivity index is 2.39. The summed E-state index contributed by atoms with van der Waals surface area (Å²) in [5, 5.41) is 3.30. The van der Waals surface area contributed by atoms with Gasteiger partial charge in [0.25, 0.3) is 0 Å². The molecule has 1 rings (SSSR count). The summed E-state index contributed by atoms with van der Waals surface area (Å²) in [6, 6.07) is 0. The number of nitrogens with zero attached hydrogens (tertiary/aromatic N) is 1. The molecule has 0 aromatic rings. The van der Waals surface area contributed by atoms with Gasteiger partial charge in [-0.1, -0.05) is 18.6 Å². The summed E-state index contributed by atoms with van der Waals surface area (Å²) in [5.74, 6) is 0.485. The number of piperidine rings is 1. The lowest BCUT2D eigenvalue weighted by atomic mass is 9.92. The minimum absolute atomic E-state index is 0.485. The van der Waals surface area contributed by atoms with E-state index in [-0.39, 0.29) is 0 Å². The fourth-order valence-electron chi connectivity index (χ4n) is 2.63. The third kappa shape index (κ3) is 6.54. The molecule has 1 unspecified atom stereocenters. The zero-order chi connectivity index (χ0) is 14.3. The standard InChI is InChI=1S/C14H28N2O2S/c1-4-15-9-5-7-13(2)11-14-8-6-10-16(12-14)19(3,17)18/h7,14-15H,4-6,8-12H2,1-3H3. The molecule has 112 valence electrons. The Morgan fingerprint density at radius 1 is 1.47 bits per heavy atom. The molecule has 0 radical (unpaired) electrons. The molecule has 1 aliphatic heterocycles. The molecule has 0 aliphatic carbocycles. The highest BCUT2D eigenvalue weighted by atomic mass is 32.2. The third-order valence-electron chi connectivity index (χ3n) is 3.63. The van der Waals surface area contributed by atoms with Crippen molar-refractivity contribution in [1.82, 2.24) is 9.62 Å². The highest BCUT2D eigenvalue weighted by Crippen LogP contribution is 2.24. The van der Waals surface area contributed by atoms with Gasteiger partial charge in [-0.2, -0.15) is 0 Å². The molecule has 0 amide bonds. The highest BCUT2D eigenvalue weighted by Gasteiger charge is 2.25. The summed E-state index contributed by atoms with van der Waals surface area (Å²) in [6.07, 6.45) is 7.81. The van der Waals surface area contributed by atoms with E-state index in [1.165, 1.54) is 11.8 Å². The van der Waals surface area contributed by atoms with Gasteiger partial charge in [0.2, 0.25) is 10.0 Å². The largest absolute Gasteiger partial charge is 0.317 e. The fraction of sp³-hybridized carbons (Fsp3) is 0.857. The summed E-state index contributed by atoms with van der Waals surface area (Å²) in [4.78, 5) is 0. The summed E-state index contributed by atoms with van der Waals surface area (Å²) in [5.41, 5.74) is 1.39. The van der Waals surface area contributed by atoms with Gasteiger partial charge in [-0.25, -0.2) is 12.7 Å². The van der Waals surface area contributed by atoms with Crippen molar-refractivity contribution in [2.24, 2.45) is 5.92 Å². The van der Waals surface area contributed by atoms with Crippen molar-refractivity contribution in [3.63, 3.8) is 0 Å². The molecule has 0 aromatic carbocycles. The van der Waals surface area contributed by atoms with E-state index in [9.17, 15) is 8.42 Å². The highest BCUT2D eigenvalue weighted by molar-refractivity contribution is 7.88. The Hall–Kier alpha value is -0.390. The van der Waals surface area contributed by atoms with Gasteiger partial charge in [-0.15, -0.1) is 0 Å². The molecule has 0 spiro atoms. The van der Waals surface area contributed by atoms with Gasteiger partial charge in [0.1, 0.15) is 0 Å². The van der Waals surface area contributed by atoms with E-state index in [0.29, 0.717) is 19.0 Å². The van der Waals surface area contributed by atoms with Gasteiger partial charge >= 0.3 is 0 Å². The second kappa shape index (κ2) is 8.02. The van der Waals surface area contributed by atoms with Crippen molar-refractivity contribution >= 4 is 10.0 Å². The van der Waals surface area contributed by atoms with E-state index in [2.05, 4.69) is 25.2 Å². The Morgan fingerprint density at radius 2 is 2.21 bits per heavy atom. The van der Waals surface area contributed by atoms with E-state index in [1.54, 1.807) is 4.31 Å². The van der Waals surface area contributed by atoms with E-state index in [1.807, 2.05) is 0 Å². The molecule has 1 aliphatic rings. The van der Waals surface area contributed by atoms with Crippen LogP contribution < -0.4 is 5.32 Å². The van der Waals surface area contributed by atoms with E-state index in [4.69, 9.17) is 0 Å². The van der Waals surface area contributed by atoms with Crippen LogP contribution in [0.3, 0.4) is 0 Å². The molecule has 1 N–H and O–H groups in total. The van der Waals surface area contributed by atoms with Crippen molar-refractivity contribution in [3.05, 3.63) is 11.6 Å². The fourth-order valence-corrected chi connectivity index (χ4v) is 3.57. The van der Waals surface area contributed by atoms with Gasteiger partial charge in [0.05, 0.1) is 6.26 Å². The monoisotopic (exact) mass is 288 g/mol. The topological polar surface area (TPSA) is 49.4 Å². The smallest absolute Gasteiger partial charge is 0.211 e. The quantitative estimate of drug-likeness (QED) is 0.576. The first-order valence-electron chi connectivity index (χ1n) is 7.25. The first-order chi connectivity index (χ1) is 8.93. The Morgan fingerprint density at radius 3 is 2.84 bits per heavy atom. The summed E-state index contributed by atoms with van der Waals surface area (Å²) < 4.78 is 24.8. The predicted molar refractivity (Wildman–Crippen MR) is 80.7 cm³/mol. The van der Waals surface area contributed by atoms with Crippen molar-refractivity contribution < 1.29 is 8.42 Å². The maximum Gasteiger partial charge on any atom is 0.211 e. The van der Waals surface area contributed by atoms with Crippen LogP contribution in [-0.2, 0) is 10.0 Å². The van der Waals surface area contributed by atoms with Crippen LogP contribution in [0.4, 0.5) is 0 Å². The zero-order valence-corrected chi connectivity index (χ0v) is 13.3. The molecule has 0 aromatic heterocycles. The molecule has 19 heavy (non-hydrogen) atoms. The number of sulfonamides is 1. The predicted octanol–water partition coefficient (Wildman–Crippen LogP) is 1.99. The van der Waals surface area contributed by atoms with Gasteiger partial charge in [0.15, 0.2) is 0 Å². The molecule has 0 saturated carbocycles. The maximum atomic E-state index is 11.6. The number of hydrogen-bond donors (Lipinski definition) is 1. The minimum Gasteiger partial charge on any atom is -0.317 e. The van der Waals surface area contributed by atoms with Gasteiger partial charge in [-0.3, -0.25) is 0 Å². The number of nitrogens with one attached hydrogen (secondary N) is 1. The molecule has 1 saturated heterocycles. The number of allylic oxidation sites excluding steroid dienone is 1.